The number of quaternary nitrogens is 1. The van der Waals surface area contributed by atoms with Crippen LogP contribution in [-0.4, -0.2) is 60.6 Å². The van der Waals surface area contributed by atoms with Gasteiger partial charge in [-0.25, -0.2) is 0 Å². The first-order valence-corrected chi connectivity index (χ1v) is 7.51. The molecule has 0 saturated heterocycles. The fraction of sp³-hybridized carbons (Fsp3) is 0.933. The molecule has 0 aromatic rings. The number of aliphatic hydroxyl groups excluding tert-OH is 2. The second-order valence-electron chi connectivity index (χ2n) is 5.98. The summed E-state index contributed by atoms with van der Waals surface area (Å²) >= 11 is 0. The Morgan fingerprint density at radius 3 is 2.15 bits per heavy atom. The van der Waals surface area contributed by atoms with Crippen LogP contribution >= 0.6 is 0 Å². The van der Waals surface area contributed by atoms with Crippen LogP contribution in [0.25, 0.3) is 0 Å². The van der Waals surface area contributed by atoms with E-state index in [1.54, 1.807) is 6.92 Å². The van der Waals surface area contributed by atoms with Crippen LogP contribution in [0.5, 0.6) is 0 Å². The second-order valence-corrected chi connectivity index (χ2v) is 5.98. The Kier molecular flexibility index (Phi) is 13.1. The van der Waals surface area contributed by atoms with Gasteiger partial charge in [-0.3, -0.25) is 0 Å². The van der Waals surface area contributed by atoms with Crippen LogP contribution in [0.3, 0.4) is 0 Å². The molecule has 0 spiro atoms. The van der Waals surface area contributed by atoms with E-state index in [9.17, 15) is 9.90 Å². The van der Waals surface area contributed by atoms with Gasteiger partial charge >= 0.3 is 0 Å². The normalized spacial score (nSPS) is 14.2. The van der Waals surface area contributed by atoms with Crippen LogP contribution in [0, 0.1) is 5.92 Å². The fourth-order valence-corrected chi connectivity index (χ4v) is 2.02. The number of unbranched alkanes of at least 4 members (excludes halogenated alkanes) is 1. The Morgan fingerprint density at radius 2 is 1.85 bits per heavy atom. The van der Waals surface area contributed by atoms with Crippen molar-refractivity contribution in [2.45, 2.75) is 52.6 Å². The number of carbonyl (C=O) groups is 1. The summed E-state index contributed by atoms with van der Waals surface area (Å²) in [7, 11) is 3.98. The van der Waals surface area contributed by atoms with E-state index in [2.05, 4.69) is 6.92 Å². The minimum atomic E-state index is -0.893. The van der Waals surface area contributed by atoms with E-state index in [-0.39, 0.29) is 18.6 Å². The lowest BCUT2D eigenvalue weighted by molar-refractivity contribution is -0.893. The van der Waals surface area contributed by atoms with E-state index in [0.29, 0.717) is 24.0 Å². The second kappa shape index (κ2) is 12.1. The van der Waals surface area contributed by atoms with Crippen LogP contribution in [0.1, 0.15) is 46.5 Å². The summed E-state index contributed by atoms with van der Waals surface area (Å²) in [5.41, 5.74) is 0. The van der Waals surface area contributed by atoms with Crippen LogP contribution in [-0.2, 0) is 4.79 Å². The van der Waals surface area contributed by atoms with Crippen LogP contribution < -0.4 is 5.11 Å². The zero-order chi connectivity index (χ0) is 16.2. The molecule has 2 N–H and O–H groups in total. The molecule has 2 atom stereocenters. The molecule has 0 bridgehead atoms. The number of rotatable bonds is 9. The van der Waals surface area contributed by atoms with Crippen molar-refractivity contribution >= 4 is 5.97 Å². The first-order chi connectivity index (χ1) is 9.20. The van der Waals surface area contributed by atoms with Crippen LogP contribution in [0.2, 0.25) is 0 Å². The lowest BCUT2D eigenvalue weighted by Crippen LogP contribution is -2.46. The number of carboxylic acids is 1. The standard InChI is InChI=1S/C8H16O2.C7H18NO2/c1-3-5-6-7(4-2)8(9)10;1-7(10)6-8(2,3)4-5-9/h7H,3-6H2,1-2H3,(H,9,10);7,9-10H,4-6H2,1-3H3/q;+1/p-1. The van der Waals surface area contributed by atoms with E-state index in [0.717, 1.165) is 19.3 Å². The van der Waals surface area contributed by atoms with Crippen molar-refractivity contribution in [2.24, 2.45) is 5.92 Å². The molecule has 20 heavy (non-hydrogen) atoms. The van der Waals surface area contributed by atoms with Crippen molar-refractivity contribution in [3.05, 3.63) is 0 Å². The topological polar surface area (TPSA) is 80.6 Å². The Labute approximate surface area is 123 Å². The summed E-state index contributed by atoms with van der Waals surface area (Å²) in [6.45, 7) is 7.28. The molecule has 0 rings (SSSR count). The molecule has 0 amide bonds. The number of carbonyl (C=O) groups excluding carboxylic acids is 1. The van der Waals surface area contributed by atoms with Gasteiger partial charge in [0.05, 0.1) is 20.7 Å². The summed E-state index contributed by atoms with van der Waals surface area (Å²) in [5.74, 6) is -1.11. The van der Waals surface area contributed by atoms with Gasteiger partial charge < -0.3 is 24.6 Å². The maximum absolute atomic E-state index is 10.3. The van der Waals surface area contributed by atoms with Gasteiger partial charge in [-0.15, -0.1) is 0 Å². The first kappa shape index (κ1) is 21.6. The molecule has 0 aliphatic rings. The van der Waals surface area contributed by atoms with E-state index >= 15 is 0 Å². The molecule has 0 heterocycles. The van der Waals surface area contributed by atoms with Crippen molar-refractivity contribution < 1.29 is 24.6 Å². The van der Waals surface area contributed by atoms with Gasteiger partial charge in [0.15, 0.2) is 0 Å². The highest BCUT2D eigenvalue weighted by Gasteiger charge is 2.16. The van der Waals surface area contributed by atoms with Gasteiger partial charge in [-0.1, -0.05) is 26.7 Å². The number of carboxylic acid groups (broad SMARTS) is 1. The van der Waals surface area contributed by atoms with E-state index < -0.39 is 5.97 Å². The maximum Gasteiger partial charge on any atom is 0.104 e. The number of aliphatic hydroxyl groups is 2. The molecule has 0 fully saturated rings. The third-order valence-electron chi connectivity index (χ3n) is 3.20. The summed E-state index contributed by atoms with van der Waals surface area (Å²) < 4.78 is 0.675. The first-order valence-electron chi connectivity index (χ1n) is 7.51. The summed E-state index contributed by atoms with van der Waals surface area (Å²) in [6, 6.07) is 0. The van der Waals surface area contributed by atoms with Gasteiger partial charge in [0.1, 0.15) is 19.2 Å². The number of nitrogens with zero attached hydrogens (tertiary/aromatic N) is 1. The third kappa shape index (κ3) is 13.8. The van der Waals surface area contributed by atoms with E-state index in [1.807, 2.05) is 21.0 Å². The fourth-order valence-electron chi connectivity index (χ4n) is 2.02. The van der Waals surface area contributed by atoms with Gasteiger partial charge in [0.2, 0.25) is 0 Å². The summed E-state index contributed by atoms with van der Waals surface area (Å²) in [5, 5.41) is 28.0. The quantitative estimate of drug-likeness (QED) is 0.602. The monoisotopic (exact) mass is 291 g/mol. The predicted octanol–water partition coefficient (Wildman–Crippen LogP) is 0.389. The molecule has 0 aromatic carbocycles. The summed E-state index contributed by atoms with van der Waals surface area (Å²) in [6.07, 6.45) is 3.23. The molecule has 122 valence electrons. The van der Waals surface area contributed by atoms with Gasteiger partial charge in [0, 0.05) is 5.97 Å². The highest BCUT2D eigenvalue weighted by atomic mass is 16.4. The SMILES string of the molecule is CC(O)C[N+](C)(C)CCO.CCCCC(CC)C(=O)[O-]. The van der Waals surface area contributed by atoms with Gasteiger partial charge in [-0.2, -0.15) is 0 Å². The number of likely N-dealkylation sites (N-methyl/N-ethyl adjacent to an activating group) is 1. The zero-order valence-electron chi connectivity index (χ0n) is 13.8. The molecular formula is C15H33NO4. The van der Waals surface area contributed by atoms with Gasteiger partial charge in [-0.05, 0) is 25.7 Å². The molecule has 0 aliphatic carbocycles. The third-order valence-corrected chi connectivity index (χ3v) is 3.20. The lowest BCUT2D eigenvalue weighted by atomic mass is 10.00. The van der Waals surface area contributed by atoms with Crippen LogP contribution in [0.4, 0.5) is 0 Å². The maximum atomic E-state index is 10.3. The average Bonchev–Trinajstić information content (AvgIpc) is 2.28. The molecule has 5 heteroatoms. The molecular weight excluding hydrogens is 258 g/mol. The molecule has 2 unspecified atom stereocenters. The molecule has 0 radical (unpaired) electrons. The Morgan fingerprint density at radius 1 is 1.30 bits per heavy atom. The predicted molar refractivity (Wildman–Crippen MR) is 78.9 cm³/mol. The molecule has 0 aromatic heterocycles. The smallest absolute Gasteiger partial charge is 0.104 e. The Hall–Kier alpha value is -0.650. The minimum absolute atomic E-state index is 0.180. The zero-order valence-corrected chi connectivity index (χ0v) is 13.8. The number of hydrogen-bond acceptors (Lipinski definition) is 4. The van der Waals surface area contributed by atoms with Crippen molar-refractivity contribution in [3.8, 4) is 0 Å². The van der Waals surface area contributed by atoms with E-state index in [1.165, 1.54) is 0 Å². The highest BCUT2D eigenvalue weighted by Crippen LogP contribution is 2.10. The van der Waals surface area contributed by atoms with Crippen LogP contribution in [0.15, 0.2) is 0 Å². The van der Waals surface area contributed by atoms with Crippen molar-refractivity contribution in [1.82, 2.24) is 0 Å². The largest absolute Gasteiger partial charge is 0.550 e. The lowest BCUT2D eigenvalue weighted by Gasteiger charge is -2.29. The average molecular weight is 291 g/mol. The molecule has 5 nitrogen and oxygen atoms in total. The number of aliphatic carboxylic acids is 1. The Balaban J connectivity index is 0. The van der Waals surface area contributed by atoms with Crippen molar-refractivity contribution in [3.63, 3.8) is 0 Å². The minimum Gasteiger partial charge on any atom is -0.550 e. The van der Waals surface area contributed by atoms with Gasteiger partial charge in [0.25, 0.3) is 0 Å². The molecule has 0 aliphatic heterocycles. The van der Waals surface area contributed by atoms with E-state index in [4.69, 9.17) is 10.2 Å². The Bertz CT molecular complexity index is 242. The number of hydrogen-bond donors (Lipinski definition) is 2. The summed E-state index contributed by atoms with van der Waals surface area (Å²) in [4.78, 5) is 10.3. The van der Waals surface area contributed by atoms with Crippen molar-refractivity contribution in [2.75, 3.05) is 33.8 Å². The van der Waals surface area contributed by atoms with Crippen molar-refractivity contribution in [1.29, 1.82) is 0 Å². The molecule has 0 saturated carbocycles. The highest BCUT2D eigenvalue weighted by molar-refractivity contribution is 5.67.